The van der Waals surface area contributed by atoms with Crippen LogP contribution in [0, 0.1) is 5.92 Å². The van der Waals surface area contributed by atoms with Crippen molar-refractivity contribution in [2.75, 3.05) is 13.1 Å². The van der Waals surface area contributed by atoms with Gasteiger partial charge in [0.1, 0.15) is 5.69 Å². The van der Waals surface area contributed by atoms with Crippen LogP contribution < -0.4 is 5.73 Å². The first-order valence-corrected chi connectivity index (χ1v) is 6.71. The number of piperidine rings is 1. The predicted octanol–water partition coefficient (Wildman–Crippen LogP) is 1.17. The smallest absolute Gasteiger partial charge is 0.274 e. The molecule has 1 amide bonds. The third-order valence-electron chi connectivity index (χ3n) is 3.74. The number of carbonyl (C=O) groups excluding carboxylic acids is 1. The van der Waals surface area contributed by atoms with Crippen molar-refractivity contribution in [1.82, 2.24) is 15.1 Å². The molecule has 2 rings (SSSR count). The zero-order chi connectivity index (χ0) is 13.1. The highest BCUT2D eigenvalue weighted by Gasteiger charge is 2.30. The summed E-state index contributed by atoms with van der Waals surface area (Å²) in [6, 6.07) is 2.00. The Balaban J connectivity index is 2.11. The van der Waals surface area contributed by atoms with Gasteiger partial charge >= 0.3 is 0 Å². The summed E-state index contributed by atoms with van der Waals surface area (Å²) >= 11 is 0. The van der Waals surface area contributed by atoms with Crippen LogP contribution in [0.2, 0.25) is 0 Å². The number of aromatic nitrogens is 2. The van der Waals surface area contributed by atoms with Crippen molar-refractivity contribution in [1.29, 1.82) is 0 Å². The van der Waals surface area contributed by atoms with E-state index >= 15 is 0 Å². The molecule has 0 bridgehead atoms. The molecule has 18 heavy (non-hydrogen) atoms. The van der Waals surface area contributed by atoms with E-state index in [1.807, 2.05) is 17.9 Å². The Labute approximate surface area is 108 Å². The number of likely N-dealkylation sites (tertiary alicyclic amines) is 1. The molecule has 0 aliphatic carbocycles. The fourth-order valence-corrected chi connectivity index (χ4v) is 2.54. The summed E-state index contributed by atoms with van der Waals surface area (Å²) < 4.78 is 0. The summed E-state index contributed by atoms with van der Waals surface area (Å²) in [7, 11) is 0. The van der Waals surface area contributed by atoms with E-state index in [4.69, 9.17) is 5.73 Å². The highest BCUT2D eigenvalue weighted by Crippen LogP contribution is 2.23. The second-order valence-electron chi connectivity index (χ2n) is 5.15. The quantitative estimate of drug-likeness (QED) is 0.845. The van der Waals surface area contributed by atoms with Crippen molar-refractivity contribution in [3.05, 3.63) is 17.5 Å². The normalized spacial score (nSPS) is 24.3. The summed E-state index contributed by atoms with van der Waals surface area (Å²) in [6.45, 7) is 5.57. The molecule has 0 aromatic carbocycles. The standard InChI is InChI=1S/C13H22N4O/c1-3-10-7-12(16-15-10)13(18)17-5-4-9(2)6-11(17)8-14/h7,9,11H,3-6,8,14H2,1-2H3,(H,15,16). The molecule has 0 spiro atoms. The monoisotopic (exact) mass is 250 g/mol. The Hall–Kier alpha value is -1.36. The van der Waals surface area contributed by atoms with Gasteiger partial charge in [-0.15, -0.1) is 0 Å². The minimum Gasteiger partial charge on any atom is -0.333 e. The van der Waals surface area contributed by atoms with E-state index in [0.29, 0.717) is 18.2 Å². The van der Waals surface area contributed by atoms with Crippen LogP contribution in [0.15, 0.2) is 6.07 Å². The van der Waals surface area contributed by atoms with Crippen LogP contribution in [0.4, 0.5) is 0 Å². The lowest BCUT2D eigenvalue weighted by molar-refractivity contribution is 0.0567. The molecule has 2 atom stereocenters. The molecule has 1 aromatic heterocycles. The number of nitrogens with two attached hydrogens (primary N) is 1. The number of hydrogen-bond acceptors (Lipinski definition) is 3. The number of nitrogens with one attached hydrogen (secondary N) is 1. The molecular weight excluding hydrogens is 228 g/mol. The number of amides is 1. The van der Waals surface area contributed by atoms with Gasteiger partial charge in [-0.3, -0.25) is 9.89 Å². The number of hydrogen-bond donors (Lipinski definition) is 2. The maximum absolute atomic E-state index is 12.4. The Morgan fingerprint density at radius 2 is 2.44 bits per heavy atom. The lowest BCUT2D eigenvalue weighted by Gasteiger charge is -2.37. The maximum Gasteiger partial charge on any atom is 0.274 e. The lowest BCUT2D eigenvalue weighted by Crippen LogP contribution is -2.49. The second-order valence-corrected chi connectivity index (χ2v) is 5.15. The van der Waals surface area contributed by atoms with Crippen LogP contribution >= 0.6 is 0 Å². The molecule has 1 aliphatic heterocycles. The molecule has 1 aliphatic rings. The topological polar surface area (TPSA) is 75.0 Å². The van der Waals surface area contributed by atoms with E-state index in [-0.39, 0.29) is 11.9 Å². The number of aryl methyl sites for hydroxylation is 1. The summed E-state index contributed by atoms with van der Waals surface area (Å²) in [5.74, 6) is 0.654. The van der Waals surface area contributed by atoms with Crippen LogP contribution in [0.5, 0.6) is 0 Å². The molecule has 0 saturated carbocycles. The van der Waals surface area contributed by atoms with Gasteiger partial charge in [-0.1, -0.05) is 13.8 Å². The van der Waals surface area contributed by atoms with Gasteiger partial charge in [0.05, 0.1) is 0 Å². The highest BCUT2D eigenvalue weighted by atomic mass is 16.2. The van der Waals surface area contributed by atoms with Crippen molar-refractivity contribution < 1.29 is 4.79 Å². The largest absolute Gasteiger partial charge is 0.333 e. The molecular formula is C13H22N4O. The third kappa shape index (κ3) is 2.56. The molecule has 1 aromatic rings. The van der Waals surface area contributed by atoms with E-state index in [2.05, 4.69) is 17.1 Å². The van der Waals surface area contributed by atoms with Crippen LogP contribution in [0.3, 0.4) is 0 Å². The minimum absolute atomic E-state index is 0.00769. The number of nitrogens with zero attached hydrogens (tertiary/aromatic N) is 2. The summed E-state index contributed by atoms with van der Waals surface area (Å²) in [6.07, 6.45) is 2.90. The van der Waals surface area contributed by atoms with Crippen molar-refractivity contribution in [3.8, 4) is 0 Å². The lowest BCUT2D eigenvalue weighted by atomic mass is 9.92. The molecule has 100 valence electrons. The first-order chi connectivity index (χ1) is 8.65. The van der Waals surface area contributed by atoms with Gasteiger partial charge in [0.2, 0.25) is 0 Å². The molecule has 5 heteroatoms. The van der Waals surface area contributed by atoms with Crippen molar-refractivity contribution >= 4 is 5.91 Å². The average molecular weight is 250 g/mol. The molecule has 2 heterocycles. The SMILES string of the molecule is CCc1cc(C(=O)N2CCC(C)CC2CN)n[nH]1. The molecule has 0 radical (unpaired) electrons. The maximum atomic E-state index is 12.4. The van der Waals surface area contributed by atoms with Gasteiger partial charge in [-0.25, -0.2) is 0 Å². The van der Waals surface area contributed by atoms with Gasteiger partial charge in [0, 0.05) is 24.8 Å². The molecule has 3 N–H and O–H groups in total. The van der Waals surface area contributed by atoms with Crippen molar-refractivity contribution in [2.24, 2.45) is 11.7 Å². The summed E-state index contributed by atoms with van der Waals surface area (Å²) in [5.41, 5.74) is 7.29. The summed E-state index contributed by atoms with van der Waals surface area (Å²) in [4.78, 5) is 14.3. The number of rotatable bonds is 3. The fraction of sp³-hybridized carbons (Fsp3) is 0.692. The van der Waals surface area contributed by atoms with Gasteiger partial charge in [0.15, 0.2) is 0 Å². The highest BCUT2D eigenvalue weighted by molar-refractivity contribution is 5.92. The van der Waals surface area contributed by atoms with Crippen LogP contribution in [-0.4, -0.2) is 40.1 Å². The molecule has 2 unspecified atom stereocenters. The zero-order valence-electron chi connectivity index (χ0n) is 11.1. The van der Waals surface area contributed by atoms with Gasteiger partial charge < -0.3 is 10.6 Å². The predicted molar refractivity (Wildman–Crippen MR) is 70.2 cm³/mol. The molecule has 5 nitrogen and oxygen atoms in total. The summed E-state index contributed by atoms with van der Waals surface area (Å²) in [5, 5.41) is 6.98. The first-order valence-electron chi connectivity index (χ1n) is 6.71. The van der Waals surface area contributed by atoms with Crippen molar-refractivity contribution in [2.45, 2.75) is 39.2 Å². The average Bonchev–Trinajstić information content (AvgIpc) is 2.86. The molecule has 1 saturated heterocycles. The Morgan fingerprint density at radius 3 is 3.06 bits per heavy atom. The van der Waals surface area contributed by atoms with E-state index in [1.54, 1.807) is 0 Å². The third-order valence-corrected chi connectivity index (χ3v) is 3.74. The van der Waals surface area contributed by atoms with E-state index in [9.17, 15) is 4.79 Å². The first kappa shape index (κ1) is 13.1. The minimum atomic E-state index is 0.00769. The van der Waals surface area contributed by atoms with Crippen LogP contribution in [0.25, 0.3) is 0 Å². The Morgan fingerprint density at radius 1 is 1.67 bits per heavy atom. The van der Waals surface area contributed by atoms with E-state index in [0.717, 1.165) is 31.5 Å². The van der Waals surface area contributed by atoms with Crippen LogP contribution in [0.1, 0.15) is 42.9 Å². The number of H-pyrrole nitrogens is 1. The van der Waals surface area contributed by atoms with E-state index < -0.39 is 0 Å². The van der Waals surface area contributed by atoms with E-state index in [1.165, 1.54) is 0 Å². The number of carbonyl (C=O) groups is 1. The van der Waals surface area contributed by atoms with Crippen LogP contribution in [-0.2, 0) is 6.42 Å². The van der Waals surface area contributed by atoms with Gasteiger partial charge in [-0.05, 0) is 31.2 Å². The Bertz CT molecular complexity index is 415. The van der Waals surface area contributed by atoms with Gasteiger partial charge in [0.25, 0.3) is 5.91 Å². The molecule has 1 fully saturated rings. The van der Waals surface area contributed by atoms with Crippen molar-refractivity contribution in [3.63, 3.8) is 0 Å². The fourth-order valence-electron chi connectivity index (χ4n) is 2.54. The second kappa shape index (κ2) is 5.52. The Kier molecular flexibility index (Phi) is 4.01. The van der Waals surface area contributed by atoms with Gasteiger partial charge in [-0.2, -0.15) is 5.10 Å². The number of aromatic amines is 1. The zero-order valence-corrected chi connectivity index (χ0v) is 11.1.